The third-order valence-electron chi connectivity index (χ3n) is 3.98. The molecular weight excluding hydrogens is 267 g/mol. The van der Waals surface area contributed by atoms with Crippen LogP contribution in [0.15, 0.2) is 36.5 Å². The van der Waals surface area contributed by atoms with Crippen LogP contribution < -0.4 is 4.90 Å². The maximum absolute atomic E-state index is 13.8. The van der Waals surface area contributed by atoms with Crippen molar-refractivity contribution in [2.45, 2.75) is 13.5 Å². The van der Waals surface area contributed by atoms with Crippen molar-refractivity contribution in [3.8, 4) is 0 Å². The quantitative estimate of drug-likeness (QED) is 0.861. The van der Waals surface area contributed by atoms with E-state index < -0.39 is 0 Å². The molecule has 5 heteroatoms. The van der Waals surface area contributed by atoms with Gasteiger partial charge < -0.3 is 4.90 Å². The topological polar surface area (TPSA) is 24.3 Å². The van der Waals surface area contributed by atoms with E-state index in [1.54, 1.807) is 6.07 Å². The average molecular weight is 288 g/mol. The molecule has 0 N–H and O–H groups in total. The van der Waals surface area contributed by atoms with E-state index in [1.807, 2.05) is 36.0 Å². The third kappa shape index (κ3) is 3.42. The molecule has 0 aliphatic carbocycles. The van der Waals surface area contributed by atoms with Crippen LogP contribution in [0.3, 0.4) is 0 Å². The van der Waals surface area contributed by atoms with Gasteiger partial charge in [-0.05, 0) is 25.1 Å². The molecule has 0 atom stereocenters. The molecule has 0 spiro atoms. The molecule has 112 valence electrons. The Morgan fingerprint density at radius 2 is 1.81 bits per heavy atom. The molecule has 3 rings (SSSR count). The van der Waals surface area contributed by atoms with E-state index in [2.05, 4.69) is 14.9 Å². The van der Waals surface area contributed by atoms with Gasteiger partial charge in [0.2, 0.25) is 0 Å². The minimum absolute atomic E-state index is 0.127. The summed E-state index contributed by atoms with van der Waals surface area (Å²) in [5, 5.41) is 4.40. The van der Waals surface area contributed by atoms with Crippen LogP contribution in [0.5, 0.6) is 0 Å². The lowest BCUT2D eigenvalue weighted by Crippen LogP contribution is -2.47. The predicted octanol–water partition coefficient (Wildman–Crippen LogP) is 2.15. The van der Waals surface area contributed by atoms with Crippen LogP contribution >= 0.6 is 0 Å². The number of rotatable bonds is 4. The van der Waals surface area contributed by atoms with Gasteiger partial charge in [-0.15, -0.1) is 0 Å². The number of halogens is 1. The predicted molar refractivity (Wildman–Crippen MR) is 82.0 cm³/mol. The van der Waals surface area contributed by atoms with Gasteiger partial charge in [-0.2, -0.15) is 5.10 Å². The van der Waals surface area contributed by atoms with Crippen molar-refractivity contribution >= 4 is 5.69 Å². The summed E-state index contributed by atoms with van der Waals surface area (Å²) in [6, 6.07) is 9.04. The highest BCUT2D eigenvalue weighted by Gasteiger charge is 2.18. The first kappa shape index (κ1) is 14.1. The van der Waals surface area contributed by atoms with Crippen LogP contribution in [0.4, 0.5) is 10.1 Å². The summed E-state index contributed by atoms with van der Waals surface area (Å²) in [5.74, 6) is -0.127. The van der Waals surface area contributed by atoms with Crippen molar-refractivity contribution in [2.75, 3.05) is 37.6 Å². The van der Waals surface area contributed by atoms with Crippen molar-refractivity contribution in [1.82, 2.24) is 14.7 Å². The molecule has 1 aromatic carbocycles. The van der Waals surface area contributed by atoms with E-state index in [1.165, 1.54) is 6.07 Å². The lowest BCUT2D eigenvalue weighted by Gasteiger charge is -2.36. The molecule has 0 amide bonds. The van der Waals surface area contributed by atoms with Gasteiger partial charge in [-0.1, -0.05) is 12.1 Å². The smallest absolute Gasteiger partial charge is 0.146 e. The Balaban J connectivity index is 1.50. The molecule has 1 aliphatic rings. The van der Waals surface area contributed by atoms with Gasteiger partial charge >= 0.3 is 0 Å². The highest BCUT2D eigenvalue weighted by Crippen LogP contribution is 2.19. The number of aromatic nitrogens is 2. The molecular formula is C16H21FN4. The maximum Gasteiger partial charge on any atom is 0.146 e. The van der Waals surface area contributed by atoms with E-state index in [4.69, 9.17) is 0 Å². The number of nitrogens with zero attached hydrogens (tertiary/aromatic N) is 4. The molecule has 0 unspecified atom stereocenters. The summed E-state index contributed by atoms with van der Waals surface area (Å²) < 4.78 is 15.8. The van der Waals surface area contributed by atoms with Crippen LogP contribution in [-0.2, 0) is 6.54 Å². The molecule has 1 saturated heterocycles. The number of hydrogen-bond acceptors (Lipinski definition) is 3. The fraction of sp³-hybridized carbons (Fsp3) is 0.438. The van der Waals surface area contributed by atoms with Gasteiger partial charge in [0.05, 0.1) is 17.9 Å². The Kier molecular flexibility index (Phi) is 4.20. The van der Waals surface area contributed by atoms with E-state index in [0.29, 0.717) is 0 Å². The molecule has 1 aromatic heterocycles. The Morgan fingerprint density at radius 1 is 1.05 bits per heavy atom. The standard InChI is InChI=1S/C16H21FN4/c1-14-6-7-21(18-14)13-10-19-8-11-20(12-9-19)16-5-3-2-4-15(16)17/h2-7H,8-13H2,1H3. The third-order valence-corrected chi connectivity index (χ3v) is 3.98. The molecule has 1 fully saturated rings. The van der Waals surface area contributed by atoms with Gasteiger partial charge in [-0.3, -0.25) is 9.58 Å². The van der Waals surface area contributed by atoms with Gasteiger partial charge in [0.15, 0.2) is 0 Å². The Hall–Kier alpha value is -1.88. The summed E-state index contributed by atoms with van der Waals surface area (Å²) >= 11 is 0. The van der Waals surface area contributed by atoms with E-state index in [0.717, 1.165) is 50.6 Å². The number of piperazine rings is 1. The van der Waals surface area contributed by atoms with Crippen molar-refractivity contribution in [3.05, 3.63) is 48.0 Å². The number of benzene rings is 1. The minimum atomic E-state index is -0.127. The fourth-order valence-corrected chi connectivity index (χ4v) is 2.75. The first-order chi connectivity index (χ1) is 10.2. The van der Waals surface area contributed by atoms with Crippen molar-refractivity contribution in [1.29, 1.82) is 0 Å². The zero-order valence-corrected chi connectivity index (χ0v) is 12.4. The Morgan fingerprint density at radius 3 is 2.48 bits per heavy atom. The molecule has 1 aliphatic heterocycles. The second-order valence-electron chi connectivity index (χ2n) is 5.50. The van der Waals surface area contributed by atoms with Crippen LogP contribution in [0.2, 0.25) is 0 Å². The van der Waals surface area contributed by atoms with Gasteiger partial charge in [0.25, 0.3) is 0 Å². The molecule has 0 bridgehead atoms. The minimum Gasteiger partial charge on any atom is -0.367 e. The number of aryl methyl sites for hydroxylation is 1. The molecule has 4 nitrogen and oxygen atoms in total. The zero-order chi connectivity index (χ0) is 14.7. The highest BCUT2D eigenvalue weighted by molar-refractivity contribution is 5.47. The summed E-state index contributed by atoms with van der Waals surface area (Å²) in [6.07, 6.45) is 2.02. The normalized spacial score (nSPS) is 16.4. The van der Waals surface area contributed by atoms with Crippen LogP contribution in [0, 0.1) is 12.7 Å². The summed E-state index contributed by atoms with van der Waals surface area (Å²) in [6.45, 7) is 7.59. The summed E-state index contributed by atoms with van der Waals surface area (Å²) in [5.41, 5.74) is 1.78. The monoisotopic (exact) mass is 288 g/mol. The van der Waals surface area contributed by atoms with Crippen LogP contribution in [-0.4, -0.2) is 47.4 Å². The van der Waals surface area contributed by atoms with Crippen molar-refractivity contribution < 1.29 is 4.39 Å². The van der Waals surface area contributed by atoms with Gasteiger partial charge in [0.1, 0.15) is 5.82 Å². The molecule has 2 aromatic rings. The SMILES string of the molecule is Cc1ccn(CCN2CCN(c3ccccc3F)CC2)n1. The lowest BCUT2D eigenvalue weighted by atomic mass is 10.2. The first-order valence-corrected chi connectivity index (χ1v) is 7.44. The first-order valence-electron chi connectivity index (χ1n) is 7.44. The number of para-hydroxylation sites is 1. The largest absolute Gasteiger partial charge is 0.367 e. The summed E-state index contributed by atoms with van der Waals surface area (Å²) in [4.78, 5) is 4.54. The second-order valence-corrected chi connectivity index (χ2v) is 5.50. The summed E-state index contributed by atoms with van der Waals surface area (Å²) in [7, 11) is 0. The van der Waals surface area contributed by atoms with Crippen molar-refractivity contribution in [2.24, 2.45) is 0 Å². The van der Waals surface area contributed by atoms with Crippen LogP contribution in [0.25, 0.3) is 0 Å². The average Bonchev–Trinajstić information content (AvgIpc) is 2.92. The molecule has 0 radical (unpaired) electrons. The second kappa shape index (κ2) is 6.26. The van der Waals surface area contributed by atoms with Crippen molar-refractivity contribution in [3.63, 3.8) is 0 Å². The molecule has 21 heavy (non-hydrogen) atoms. The molecule has 2 heterocycles. The fourth-order valence-electron chi connectivity index (χ4n) is 2.75. The Bertz CT molecular complexity index is 587. The number of anilines is 1. The number of hydrogen-bond donors (Lipinski definition) is 0. The van der Waals surface area contributed by atoms with Crippen LogP contribution in [0.1, 0.15) is 5.69 Å². The van der Waals surface area contributed by atoms with Gasteiger partial charge in [-0.25, -0.2) is 4.39 Å². The van der Waals surface area contributed by atoms with E-state index >= 15 is 0 Å². The lowest BCUT2D eigenvalue weighted by molar-refractivity contribution is 0.244. The van der Waals surface area contributed by atoms with Gasteiger partial charge in [0, 0.05) is 38.9 Å². The molecule has 0 saturated carbocycles. The van der Waals surface area contributed by atoms with E-state index in [9.17, 15) is 4.39 Å². The Labute approximate surface area is 124 Å². The zero-order valence-electron chi connectivity index (χ0n) is 12.4. The maximum atomic E-state index is 13.8. The van der Waals surface area contributed by atoms with E-state index in [-0.39, 0.29) is 5.82 Å². The highest BCUT2D eigenvalue weighted by atomic mass is 19.1.